The third kappa shape index (κ3) is 42.0. The van der Waals surface area contributed by atoms with Crippen molar-refractivity contribution in [3.8, 4) is 0 Å². The lowest BCUT2D eigenvalue weighted by molar-refractivity contribution is -0.379. The fraction of sp³-hybridized carbons (Fsp3) is 0.938. The average Bonchev–Trinajstić information content (AvgIpc) is 0.781. The molecule has 0 aromatic rings. The van der Waals surface area contributed by atoms with Gasteiger partial charge in [-0.15, -0.1) is 0 Å². The fourth-order valence-electron chi connectivity index (χ4n) is 14.3. The molecular formula is C81H153NO18. The lowest BCUT2D eigenvalue weighted by atomic mass is 9.96. The predicted octanol–water partition coefficient (Wildman–Crippen LogP) is 14.1. The Morgan fingerprint density at radius 2 is 0.640 bits per heavy atom. The molecule has 3 aliphatic heterocycles. The quantitative estimate of drug-likeness (QED) is 0.0199. The Bertz CT molecular complexity index is 1900. The SMILES string of the molecule is CCCCCCCCCCCCCCCCCCCCCCC/C=C/CC/C=C/C(O)C(COC1OC(CO)C(OC2OC(CO)C(OC3OC(CO)C(O)C(O)C3O)C(O)C2O)C(O)C1O)NC(=O)CCCCCCCCCCCCCCCCCCCCCCCCCCCCCC. The molecule has 3 saturated heterocycles. The number of nitrogens with one attached hydrogen (secondary N) is 1. The molecule has 0 spiro atoms. The van der Waals surface area contributed by atoms with Gasteiger partial charge in [-0.1, -0.05) is 340 Å². The van der Waals surface area contributed by atoms with Crippen LogP contribution in [0.5, 0.6) is 0 Å². The molecule has 3 rings (SSSR count). The Labute approximate surface area is 607 Å². The van der Waals surface area contributed by atoms with Crippen LogP contribution in [0.25, 0.3) is 0 Å². The summed E-state index contributed by atoms with van der Waals surface area (Å²) in [6, 6.07) is -0.988. The lowest BCUT2D eigenvalue weighted by Crippen LogP contribution is -2.66. The van der Waals surface area contributed by atoms with Gasteiger partial charge in [0.25, 0.3) is 0 Å². The Kier molecular flexibility index (Phi) is 57.6. The fourth-order valence-corrected chi connectivity index (χ4v) is 14.3. The minimum Gasteiger partial charge on any atom is -0.394 e. The largest absolute Gasteiger partial charge is 0.394 e. The third-order valence-corrected chi connectivity index (χ3v) is 21.0. The first-order chi connectivity index (χ1) is 48.8. The summed E-state index contributed by atoms with van der Waals surface area (Å²) < 4.78 is 34.5. The van der Waals surface area contributed by atoms with E-state index in [0.717, 1.165) is 38.5 Å². The molecule has 0 saturated carbocycles. The third-order valence-electron chi connectivity index (χ3n) is 21.0. The van der Waals surface area contributed by atoms with Crippen LogP contribution < -0.4 is 5.32 Å². The van der Waals surface area contributed by atoms with Gasteiger partial charge in [-0.3, -0.25) is 4.79 Å². The minimum absolute atomic E-state index is 0.241. The molecule has 100 heavy (non-hydrogen) atoms. The van der Waals surface area contributed by atoms with Crippen molar-refractivity contribution >= 4 is 5.91 Å². The van der Waals surface area contributed by atoms with E-state index in [1.807, 2.05) is 6.08 Å². The molecule has 19 nitrogen and oxygen atoms in total. The van der Waals surface area contributed by atoms with Crippen LogP contribution in [-0.4, -0.2) is 193 Å². The highest BCUT2D eigenvalue weighted by atomic mass is 16.8. The zero-order valence-corrected chi connectivity index (χ0v) is 63.2. The molecule has 3 aliphatic rings. The van der Waals surface area contributed by atoms with Crippen LogP contribution in [0.3, 0.4) is 0 Å². The van der Waals surface area contributed by atoms with E-state index in [-0.39, 0.29) is 18.9 Å². The van der Waals surface area contributed by atoms with Crippen molar-refractivity contribution in [2.75, 3.05) is 26.4 Å². The van der Waals surface area contributed by atoms with Crippen LogP contribution in [0.4, 0.5) is 0 Å². The molecule has 17 atom stereocenters. The number of aliphatic hydroxyl groups is 11. The number of ether oxygens (including phenoxy) is 6. The minimum atomic E-state index is -1.98. The smallest absolute Gasteiger partial charge is 0.220 e. The number of aliphatic hydroxyl groups excluding tert-OH is 11. The summed E-state index contributed by atoms with van der Waals surface area (Å²) in [7, 11) is 0. The first-order valence-corrected chi connectivity index (χ1v) is 41.6. The average molecular weight is 1430 g/mol. The Hall–Kier alpha value is -1.73. The summed E-state index contributed by atoms with van der Waals surface area (Å²) in [5.41, 5.74) is 0. The van der Waals surface area contributed by atoms with Gasteiger partial charge in [0.1, 0.15) is 73.2 Å². The maximum absolute atomic E-state index is 13.5. The number of carbonyl (C=O) groups excluding carboxylic acids is 1. The monoisotopic (exact) mass is 1430 g/mol. The van der Waals surface area contributed by atoms with Crippen molar-refractivity contribution in [3.63, 3.8) is 0 Å². The predicted molar refractivity (Wildman–Crippen MR) is 397 cm³/mol. The Morgan fingerprint density at radius 3 is 1.00 bits per heavy atom. The van der Waals surface area contributed by atoms with Crippen molar-refractivity contribution in [1.29, 1.82) is 0 Å². The second-order valence-corrected chi connectivity index (χ2v) is 29.9. The normalized spacial score (nSPS) is 26.5. The van der Waals surface area contributed by atoms with Gasteiger partial charge in [-0.2, -0.15) is 0 Å². The van der Waals surface area contributed by atoms with E-state index >= 15 is 0 Å². The van der Waals surface area contributed by atoms with E-state index < -0.39 is 124 Å². The van der Waals surface area contributed by atoms with E-state index in [1.54, 1.807) is 6.08 Å². The van der Waals surface area contributed by atoms with Crippen molar-refractivity contribution in [3.05, 3.63) is 24.3 Å². The van der Waals surface area contributed by atoms with E-state index in [9.17, 15) is 61.0 Å². The summed E-state index contributed by atoms with van der Waals surface area (Å²) in [6.07, 6.45) is 48.9. The standard InChI is InChI=1S/C81H153NO18/c1-3-5-7-9-11-13-15-17-19-21-23-25-27-29-31-33-35-37-39-41-43-45-47-49-51-53-55-57-59-69(87)82-64(65(86)58-56-54-52-50-48-46-44-42-40-38-36-34-32-30-28-26-24-22-20-18-16-14-12-10-8-6-4-2)63-95-79-75(93)72(90)77(67(61-84)97-79)100-81-76(94)73(91)78(68(62-85)98-81)99-80-74(92)71(89)70(88)66(60-83)96-80/h48,50,56,58,64-68,70-81,83-86,88-94H,3-47,49,51-55,57,59-63H2,1-2H3,(H,82,87)/b50-48+,58-56+. The van der Waals surface area contributed by atoms with Gasteiger partial charge < -0.3 is 89.9 Å². The molecule has 17 unspecified atom stereocenters. The van der Waals surface area contributed by atoms with Gasteiger partial charge in [-0.25, -0.2) is 0 Å². The molecule has 0 aromatic carbocycles. The van der Waals surface area contributed by atoms with Crippen molar-refractivity contribution in [2.45, 2.75) is 458 Å². The van der Waals surface area contributed by atoms with Crippen molar-refractivity contribution in [1.82, 2.24) is 5.32 Å². The first kappa shape index (κ1) is 92.5. The number of amides is 1. The maximum atomic E-state index is 13.5. The van der Waals surface area contributed by atoms with Gasteiger partial charge in [0.2, 0.25) is 5.91 Å². The van der Waals surface area contributed by atoms with Gasteiger partial charge in [-0.05, 0) is 32.1 Å². The molecule has 590 valence electrons. The number of hydrogen-bond acceptors (Lipinski definition) is 18. The topological polar surface area (TPSA) is 307 Å². The van der Waals surface area contributed by atoms with Gasteiger partial charge >= 0.3 is 0 Å². The van der Waals surface area contributed by atoms with E-state index in [2.05, 4.69) is 31.3 Å². The second kappa shape index (κ2) is 62.3. The van der Waals surface area contributed by atoms with Crippen molar-refractivity contribution in [2.24, 2.45) is 0 Å². The summed E-state index contributed by atoms with van der Waals surface area (Å²) in [5.74, 6) is -0.277. The molecule has 1 amide bonds. The first-order valence-electron chi connectivity index (χ1n) is 41.6. The van der Waals surface area contributed by atoms with Crippen LogP contribution in [0.15, 0.2) is 24.3 Å². The van der Waals surface area contributed by atoms with Crippen LogP contribution in [0.1, 0.15) is 354 Å². The molecule has 0 aromatic heterocycles. The van der Waals surface area contributed by atoms with Gasteiger partial charge in [0.05, 0.1) is 38.6 Å². The van der Waals surface area contributed by atoms with E-state index in [4.69, 9.17) is 28.4 Å². The number of carbonyl (C=O) groups is 1. The molecule has 0 bridgehead atoms. The van der Waals surface area contributed by atoms with E-state index in [0.29, 0.717) is 12.8 Å². The van der Waals surface area contributed by atoms with Crippen LogP contribution in [-0.2, 0) is 33.2 Å². The maximum Gasteiger partial charge on any atom is 0.220 e. The molecule has 3 heterocycles. The molecule has 3 fully saturated rings. The van der Waals surface area contributed by atoms with Crippen LogP contribution in [0.2, 0.25) is 0 Å². The highest BCUT2D eigenvalue weighted by Gasteiger charge is 2.54. The number of hydrogen-bond donors (Lipinski definition) is 12. The second-order valence-electron chi connectivity index (χ2n) is 29.9. The lowest BCUT2D eigenvalue weighted by Gasteiger charge is -2.48. The highest BCUT2D eigenvalue weighted by molar-refractivity contribution is 5.76. The summed E-state index contributed by atoms with van der Waals surface area (Å²) in [6.45, 7) is 1.79. The number of allylic oxidation sites excluding steroid dienone is 3. The summed E-state index contributed by atoms with van der Waals surface area (Å²) in [4.78, 5) is 13.5. The van der Waals surface area contributed by atoms with Crippen molar-refractivity contribution < 1.29 is 89.4 Å². The zero-order chi connectivity index (χ0) is 72.5. The molecule has 12 N–H and O–H groups in total. The van der Waals surface area contributed by atoms with Crippen LogP contribution >= 0.6 is 0 Å². The number of unbranched alkanes of at least 4 members (excludes halogenated alkanes) is 49. The Morgan fingerprint density at radius 1 is 0.350 bits per heavy atom. The highest BCUT2D eigenvalue weighted by Crippen LogP contribution is 2.33. The van der Waals surface area contributed by atoms with Gasteiger partial charge in [0, 0.05) is 6.42 Å². The molecular weight excluding hydrogens is 1270 g/mol. The van der Waals surface area contributed by atoms with Crippen LogP contribution in [0, 0.1) is 0 Å². The summed E-state index contributed by atoms with van der Waals surface area (Å²) in [5, 5.41) is 121. The summed E-state index contributed by atoms with van der Waals surface area (Å²) >= 11 is 0. The van der Waals surface area contributed by atoms with Gasteiger partial charge in [0.15, 0.2) is 18.9 Å². The molecule has 0 radical (unpaired) electrons. The number of rotatable bonds is 67. The van der Waals surface area contributed by atoms with E-state index in [1.165, 1.54) is 283 Å². The zero-order valence-electron chi connectivity index (χ0n) is 63.2. The molecule has 19 heteroatoms. The molecule has 0 aliphatic carbocycles. The Balaban J connectivity index is 1.38.